The van der Waals surface area contributed by atoms with E-state index in [2.05, 4.69) is 10.1 Å². The fourth-order valence-electron chi connectivity index (χ4n) is 2.58. The van der Waals surface area contributed by atoms with E-state index in [1.165, 1.54) is 17.5 Å². The van der Waals surface area contributed by atoms with Gasteiger partial charge in [-0.1, -0.05) is 0 Å². The zero-order chi connectivity index (χ0) is 15.6. The van der Waals surface area contributed by atoms with Gasteiger partial charge < -0.3 is 14.5 Å². The van der Waals surface area contributed by atoms with Crippen LogP contribution in [0, 0.1) is 6.92 Å². The van der Waals surface area contributed by atoms with E-state index in [0.29, 0.717) is 13.1 Å². The molecular formula is C13H20N2O5S. The van der Waals surface area contributed by atoms with E-state index in [9.17, 15) is 13.2 Å². The molecule has 0 radical (unpaired) electrons. The van der Waals surface area contributed by atoms with Crippen LogP contribution < -0.4 is 5.32 Å². The number of ether oxygens (including phenoxy) is 1. The van der Waals surface area contributed by atoms with Crippen molar-refractivity contribution in [3.63, 3.8) is 0 Å². The Kier molecular flexibility index (Phi) is 4.70. The zero-order valence-corrected chi connectivity index (χ0v) is 13.2. The summed E-state index contributed by atoms with van der Waals surface area (Å²) in [7, 11) is -0.705. The van der Waals surface area contributed by atoms with Crippen molar-refractivity contribution >= 4 is 16.0 Å². The predicted molar refractivity (Wildman–Crippen MR) is 75.6 cm³/mol. The molecule has 2 heterocycles. The fourth-order valence-corrected chi connectivity index (χ4v) is 4.25. The van der Waals surface area contributed by atoms with Gasteiger partial charge in [-0.05, 0) is 26.8 Å². The van der Waals surface area contributed by atoms with Crippen LogP contribution in [0.2, 0.25) is 0 Å². The third-order valence-corrected chi connectivity index (χ3v) is 5.43. The quantitative estimate of drug-likeness (QED) is 0.806. The number of sulfonamides is 1. The van der Waals surface area contributed by atoms with Crippen molar-refractivity contribution in [3.05, 3.63) is 17.4 Å². The third kappa shape index (κ3) is 2.97. The molecule has 0 aliphatic carbocycles. The first-order chi connectivity index (χ1) is 9.91. The van der Waals surface area contributed by atoms with Crippen LogP contribution >= 0.6 is 0 Å². The molecule has 1 fully saturated rings. The molecule has 118 valence electrons. The van der Waals surface area contributed by atoms with Crippen LogP contribution in [0.4, 0.5) is 0 Å². The Hall–Kier alpha value is -1.38. The van der Waals surface area contributed by atoms with Crippen molar-refractivity contribution in [2.75, 3.05) is 27.2 Å². The first kappa shape index (κ1) is 16.0. The minimum absolute atomic E-state index is 0.0908. The molecule has 8 heteroatoms. The number of nitrogens with one attached hydrogen (secondary N) is 1. The first-order valence-corrected chi connectivity index (χ1v) is 8.21. The molecule has 1 saturated heterocycles. The number of furan rings is 1. The number of hydrogen-bond donors (Lipinski definition) is 1. The van der Waals surface area contributed by atoms with Gasteiger partial charge in [0.1, 0.15) is 11.3 Å². The third-order valence-electron chi connectivity index (χ3n) is 3.63. The predicted octanol–water partition coefficient (Wildman–Crippen LogP) is 0.747. The number of carbonyl (C=O) groups excluding carboxylic acids is 1. The summed E-state index contributed by atoms with van der Waals surface area (Å²) in [5.74, 6) is -0.365. The molecule has 0 amide bonds. The molecule has 1 atom stereocenters. The summed E-state index contributed by atoms with van der Waals surface area (Å²) in [5.41, 5.74) is 0.139. The lowest BCUT2D eigenvalue weighted by Gasteiger charge is -2.22. The van der Waals surface area contributed by atoms with Crippen LogP contribution in [-0.2, 0) is 14.8 Å². The van der Waals surface area contributed by atoms with Gasteiger partial charge in [-0.25, -0.2) is 13.2 Å². The second-order valence-electron chi connectivity index (χ2n) is 5.00. The highest BCUT2D eigenvalue weighted by Crippen LogP contribution is 2.28. The summed E-state index contributed by atoms with van der Waals surface area (Å²) in [5, 5.41) is 2.79. The molecule has 0 aromatic carbocycles. The lowest BCUT2D eigenvalue weighted by molar-refractivity contribution is 0.0599. The largest absolute Gasteiger partial charge is 0.465 e. The van der Waals surface area contributed by atoms with Gasteiger partial charge in [0.25, 0.3) is 10.0 Å². The molecule has 2 rings (SSSR count). The molecule has 21 heavy (non-hydrogen) atoms. The average Bonchev–Trinajstić information content (AvgIpc) is 3.05. The molecule has 7 nitrogen and oxygen atoms in total. The van der Waals surface area contributed by atoms with Gasteiger partial charge in [0.05, 0.1) is 7.11 Å². The SMILES string of the molecule is CNCC1CCCN1S(=O)(=O)c1cc(C(=O)OC)c(C)o1. The topological polar surface area (TPSA) is 88.9 Å². The van der Waals surface area contributed by atoms with Crippen LogP contribution in [0.1, 0.15) is 29.0 Å². The van der Waals surface area contributed by atoms with E-state index >= 15 is 0 Å². The van der Waals surface area contributed by atoms with Crippen LogP contribution in [0.3, 0.4) is 0 Å². The second-order valence-corrected chi connectivity index (χ2v) is 6.82. The summed E-state index contributed by atoms with van der Waals surface area (Å²) in [6.07, 6.45) is 1.62. The maximum atomic E-state index is 12.6. The van der Waals surface area contributed by atoms with Gasteiger partial charge in [-0.3, -0.25) is 0 Å². The molecule has 0 bridgehead atoms. The van der Waals surface area contributed by atoms with Gasteiger partial charge in [0.15, 0.2) is 0 Å². The lowest BCUT2D eigenvalue weighted by atomic mass is 10.2. The summed E-state index contributed by atoms with van der Waals surface area (Å²) in [4.78, 5) is 11.6. The summed E-state index contributed by atoms with van der Waals surface area (Å²) >= 11 is 0. The Morgan fingerprint density at radius 1 is 1.57 bits per heavy atom. The Morgan fingerprint density at radius 3 is 2.90 bits per heavy atom. The number of methoxy groups -OCH3 is 1. The van der Waals surface area contributed by atoms with Gasteiger partial charge in [0, 0.05) is 25.2 Å². The Bertz CT molecular complexity index is 623. The summed E-state index contributed by atoms with van der Waals surface area (Å²) in [6.45, 7) is 2.59. The number of esters is 1. The molecule has 0 saturated carbocycles. The number of carbonyl (C=O) groups is 1. The van der Waals surface area contributed by atoms with Crippen molar-refractivity contribution in [1.29, 1.82) is 0 Å². The lowest BCUT2D eigenvalue weighted by Crippen LogP contribution is -2.40. The maximum absolute atomic E-state index is 12.6. The van der Waals surface area contributed by atoms with E-state index in [1.54, 1.807) is 14.0 Å². The van der Waals surface area contributed by atoms with E-state index < -0.39 is 16.0 Å². The monoisotopic (exact) mass is 316 g/mol. The number of rotatable bonds is 5. The Morgan fingerprint density at radius 2 is 2.29 bits per heavy atom. The normalized spacial score (nSPS) is 19.9. The zero-order valence-electron chi connectivity index (χ0n) is 12.4. The van der Waals surface area contributed by atoms with Gasteiger partial charge in [-0.15, -0.1) is 0 Å². The molecule has 1 aliphatic rings. The summed E-state index contributed by atoms with van der Waals surface area (Å²) < 4.78 is 36.6. The van der Waals surface area contributed by atoms with Crippen molar-refractivity contribution in [2.24, 2.45) is 0 Å². The van der Waals surface area contributed by atoms with Crippen LogP contribution in [0.25, 0.3) is 0 Å². The number of hydrogen-bond acceptors (Lipinski definition) is 6. The highest BCUT2D eigenvalue weighted by molar-refractivity contribution is 7.89. The molecule has 1 aliphatic heterocycles. The van der Waals surface area contributed by atoms with Crippen molar-refractivity contribution in [3.8, 4) is 0 Å². The highest BCUT2D eigenvalue weighted by Gasteiger charge is 2.37. The molecule has 0 spiro atoms. The molecule has 1 unspecified atom stereocenters. The van der Waals surface area contributed by atoms with Crippen molar-refractivity contribution < 1.29 is 22.4 Å². The van der Waals surface area contributed by atoms with Crippen LogP contribution in [0.15, 0.2) is 15.6 Å². The van der Waals surface area contributed by atoms with E-state index in [4.69, 9.17) is 4.42 Å². The first-order valence-electron chi connectivity index (χ1n) is 6.77. The number of likely N-dealkylation sites (N-methyl/N-ethyl adjacent to an activating group) is 1. The molecule has 1 aromatic rings. The Balaban J connectivity index is 2.34. The number of aryl methyl sites for hydroxylation is 1. The molecule has 1 aromatic heterocycles. The summed E-state index contributed by atoms with van der Waals surface area (Å²) in [6, 6.07) is 1.15. The fraction of sp³-hybridized carbons (Fsp3) is 0.615. The molecule has 1 N–H and O–H groups in total. The van der Waals surface area contributed by atoms with Gasteiger partial charge in [0.2, 0.25) is 5.09 Å². The minimum Gasteiger partial charge on any atom is -0.465 e. The van der Waals surface area contributed by atoms with Crippen molar-refractivity contribution in [2.45, 2.75) is 30.9 Å². The van der Waals surface area contributed by atoms with Crippen molar-refractivity contribution in [1.82, 2.24) is 9.62 Å². The maximum Gasteiger partial charge on any atom is 0.341 e. The highest BCUT2D eigenvalue weighted by atomic mass is 32.2. The van der Waals surface area contributed by atoms with Gasteiger partial charge >= 0.3 is 5.97 Å². The second kappa shape index (κ2) is 6.17. The van der Waals surface area contributed by atoms with E-state index in [0.717, 1.165) is 12.8 Å². The van der Waals surface area contributed by atoms with Crippen LogP contribution in [0.5, 0.6) is 0 Å². The minimum atomic E-state index is -3.73. The number of nitrogens with zero attached hydrogens (tertiary/aromatic N) is 1. The molecular weight excluding hydrogens is 296 g/mol. The van der Waals surface area contributed by atoms with E-state index in [-0.39, 0.29) is 22.5 Å². The standard InChI is InChI=1S/C13H20N2O5S/c1-9-11(13(16)19-3)7-12(20-9)21(17,18)15-6-4-5-10(15)8-14-2/h7,10,14H,4-6,8H2,1-3H3. The van der Waals surface area contributed by atoms with Crippen LogP contribution in [-0.4, -0.2) is 52.0 Å². The smallest absolute Gasteiger partial charge is 0.341 e. The Labute approximate surface area is 124 Å². The average molecular weight is 316 g/mol. The van der Waals surface area contributed by atoms with Gasteiger partial charge in [-0.2, -0.15) is 4.31 Å². The van der Waals surface area contributed by atoms with E-state index in [1.807, 2.05) is 0 Å².